The van der Waals surface area contributed by atoms with Crippen molar-refractivity contribution in [3.63, 3.8) is 0 Å². The van der Waals surface area contributed by atoms with Crippen LogP contribution in [0.25, 0.3) is 0 Å². The van der Waals surface area contributed by atoms with Crippen LogP contribution in [0.1, 0.15) is 30.4 Å². The van der Waals surface area contributed by atoms with Crippen LogP contribution in [0.2, 0.25) is 0 Å². The molecule has 2 aromatic heterocycles. The van der Waals surface area contributed by atoms with Crippen LogP contribution in [0, 0.1) is 6.92 Å². The first kappa shape index (κ1) is 15.5. The van der Waals surface area contributed by atoms with Gasteiger partial charge in [-0.2, -0.15) is 5.10 Å². The minimum absolute atomic E-state index is 0.630. The number of aromatic nitrogens is 3. The van der Waals surface area contributed by atoms with Gasteiger partial charge in [-0.3, -0.25) is 9.67 Å². The maximum absolute atomic E-state index is 5.91. The van der Waals surface area contributed by atoms with Crippen molar-refractivity contribution in [1.82, 2.24) is 20.1 Å². The van der Waals surface area contributed by atoms with Crippen LogP contribution >= 0.6 is 0 Å². The van der Waals surface area contributed by atoms with E-state index in [9.17, 15) is 0 Å². The molecule has 0 radical (unpaired) electrons. The molecular weight excluding hydrogens is 264 g/mol. The Morgan fingerprint density at radius 3 is 2.86 bits per heavy atom. The van der Waals surface area contributed by atoms with Crippen molar-refractivity contribution < 1.29 is 4.74 Å². The molecule has 0 spiro atoms. The summed E-state index contributed by atoms with van der Waals surface area (Å²) in [5.74, 6) is 0.867. The average Bonchev–Trinajstić information content (AvgIpc) is 2.87. The fourth-order valence-electron chi connectivity index (χ4n) is 2.15. The zero-order valence-electron chi connectivity index (χ0n) is 13.1. The van der Waals surface area contributed by atoms with Gasteiger partial charge in [-0.25, -0.2) is 0 Å². The van der Waals surface area contributed by atoms with E-state index in [4.69, 9.17) is 4.74 Å². The molecule has 0 amide bonds. The van der Waals surface area contributed by atoms with Crippen molar-refractivity contribution in [2.24, 2.45) is 7.05 Å². The second kappa shape index (κ2) is 7.78. The van der Waals surface area contributed by atoms with Gasteiger partial charge in [0.2, 0.25) is 0 Å². The molecule has 0 aliphatic heterocycles. The quantitative estimate of drug-likeness (QED) is 0.757. The van der Waals surface area contributed by atoms with E-state index in [2.05, 4.69) is 22.3 Å². The monoisotopic (exact) mass is 288 g/mol. The van der Waals surface area contributed by atoms with Crippen LogP contribution in [0.4, 0.5) is 0 Å². The summed E-state index contributed by atoms with van der Waals surface area (Å²) in [5.41, 5.74) is 3.16. The summed E-state index contributed by atoms with van der Waals surface area (Å²) in [7, 11) is 1.95. The molecular formula is C16H24N4O. The molecule has 0 aromatic carbocycles. The van der Waals surface area contributed by atoms with E-state index in [1.54, 1.807) is 0 Å². The van der Waals surface area contributed by atoms with Gasteiger partial charge in [0.15, 0.2) is 0 Å². The Kier molecular flexibility index (Phi) is 5.75. The van der Waals surface area contributed by atoms with E-state index < -0.39 is 0 Å². The number of hydrogen-bond acceptors (Lipinski definition) is 4. The number of rotatable bonds is 8. The predicted octanol–water partition coefficient (Wildman–Crippen LogP) is 2.24. The summed E-state index contributed by atoms with van der Waals surface area (Å²) in [4.78, 5) is 4.57. The van der Waals surface area contributed by atoms with E-state index in [0.29, 0.717) is 6.61 Å². The Bertz CT molecular complexity index is 565. The molecule has 0 bridgehead atoms. The first-order valence-electron chi connectivity index (χ1n) is 7.47. The third-order valence-corrected chi connectivity index (χ3v) is 3.33. The summed E-state index contributed by atoms with van der Waals surface area (Å²) in [6.45, 7) is 6.52. The van der Waals surface area contributed by atoms with Crippen LogP contribution < -0.4 is 10.1 Å². The molecule has 0 aliphatic carbocycles. The zero-order valence-corrected chi connectivity index (χ0v) is 13.1. The standard InChI is InChI=1S/C16H24N4O/c1-4-9-17-12-15-16(6-5-13(2)19-15)21-11-8-14-7-10-18-20(14)3/h5-7,10,17H,4,8-9,11-12H2,1-3H3. The van der Waals surface area contributed by atoms with Crippen LogP contribution in [0.15, 0.2) is 24.4 Å². The van der Waals surface area contributed by atoms with E-state index in [1.165, 1.54) is 5.69 Å². The van der Waals surface area contributed by atoms with Crippen molar-refractivity contribution in [2.75, 3.05) is 13.2 Å². The van der Waals surface area contributed by atoms with E-state index in [-0.39, 0.29) is 0 Å². The lowest BCUT2D eigenvalue weighted by Crippen LogP contribution is -2.16. The van der Waals surface area contributed by atoms with Crippen molar-refractivity contribution in [2.45, 2.75) is 33.2 Å². The first-order chi connectivity index (χ1) is 10.2. The third-order valence-electron chi connectivity index (χ3n) is 3.33. The summed E-state index contributed by atoms with van der Waals surface area (Å²) in [5, 5.41) is 7.54. The van der Waals surface area contributed by atoms with Gasteiger partial charge < -0.3 is 10.1 Å². The normalized spacial score (nSPS) is 10.8. The van der Waals surface area contributed by atoms with Crippen molar-refractivity contribution in [1.29, 1.82) is 0 Å². The molecule has 5 heteroatoms. The topological polar surface area (TPSA) is 52.0 Å². The van der Waals surface area contributed by atoms with Gasteiger partial charge >= 0.3 is 0 Å². The van der Waals surface area contributed by atoms with Crippen molar-refractivity contribution in [3.8, 4) is 5.75 Å². The smallest absolute Gasteiger partial charge is 0.142 e. The lowest BCUT2D eigenvalue weighted by atomic mass is 10.2. The fourth-order valence-corrected chi connectivity index (χ4v) is 2.15. The fraction of sp³-hybridized carbons (Fsp3) is 0.500. The number of ether oxygens (including phenoxy) is 1. The number of aryl methyl sites for hydroxylation is 2. The van der Waals surface area contributed by atoms with Gasteiger partial charge in [-0.1, -0.05) is 6.92 Å². The molecule has 0 saturated carbocycles. The molecule has 1 N–H and O–H groups in total. The van der Waals surface area contributed by atoms with Crippen LogP contribution in [-0.4, -0.2) is 27.9 Å². The molecule has 0 aliphatic rings. The Morgan fingerprint density at radius 2 is 2.14 bits per heavy atom. The molecule has 21 heavy (non-hydrogen) atoms. The summed E-state index contributed by atoms with van der Waals surface area (Å²) >= 11 is 0. The van der Waals surface area contributed by atoms with Crippen LogP contribution in [0.5, 0.6) is 5.75 Å². The summed E-state index contributed by atoms with van der Waals surface area (Å²) in [6.07, 6.45) is 3.76. The molecule has 114 valence electrons. The number of nitrogens with one attached hydrogen (secondary N) is 1. The van der Waals surface area contributed by atoms with Gasteiger partial charge in [0.25, 0.3) is 0 Å². The Labute approximate surface area is 126 Å². The molecule has 0 unspecified atom stereocenters. The highest BCUT2D eigenvalue weighted by Crippen LogP contribution is 2.17. The largest absolute Gasteiger partial charge is 0.491 e. The second-order valence-corrected chi connectivity index (χ2v) is 5.12. The van der Waals surface area contributed by atoms with Gasteiger partial charge in [-0.05, 0) is 38.1 Å². The lowest BCUT2D eigenvalue weighted by Gasteiger charge is -2.12. The van der Waals surface area contributed by atoms with Gasteiger partial charge in [0.05, 0.1) is 12.3 Å². The minimum Gasteiger partial charge on any atom is -0.491 e. The third kappa shape index (κ3) is 4.56. The Morgan fingerprint density at radius 1 is 1.29 bits per heavy atom. The first-order valence-corrected chi connectivity index (χ1v) is 7.47. The highest BCUT2D eigenvalue weighted by molar-refractivity contribution is 5.29. The molecule has 2 rings (SSSR count). The molecule has 0 saturated heterocycles. The molecule has 0 atom stereocenters. The number of pyridine rings is 1. The SMILES string of the molecule is CCCNCc1nc(C)ccc1OCCc1ccnn1C. The van der Waals surface area contributed by atoms with E-state index in [0.717, 1.165) is 43.1 Å². The van der Waals surface area contributed by atoms with E-state index >= 15 is 0 Å². The summed E-state index contributed by atoms with van der Waals surface area (Å²) < 4.78 is 7.78. The maximum Gasteiger partial charge on any atom is 0.142 e. The molecule has 2 heterocycles. The average molecular weight is 288 g/mol. The van der Waals surface area contributed by atoms with Gasteiger partial charge in [0, 0.05) is 37.6 Å². The van der Waals surface area contributed by atoms with E-state index in [1.807, 2.05) is 43.0 Å². The molecule has 0 fully saturated rings. The predicted molar refractivity (Wildman–Crippen MR) is 83.4 cm³/mol. The van der Waals surface area contributed by atoms with Crippen molar-refractivity contribution >= 4 is 0 Å². The van der Waals surface area contributed by atoms with Gasteiger partial charge in [0.1, 0.15) is 5.75 Å². The highest BCUT2D eigenvalue weighted by atomic mass is 16.5. The zero-order chi connectivity index (χ0) is 15.1. The molecule has 2 aromatic rings. The van der Waals surface area contributed by atoms with Crippen molar-refractivity contribution in [3.05, 3.63) is 41.5 Å². The number of hydrogen-bond donors (Lipinski definition) is 1. The maximum atomic E-state index is 5.91. The van der Waals surface area contributed by atoms with Gasteiger partial charge in [-0.15, -0.1) is 0 Å². The highest BCUT2D eigenvalue weighted by Gasteiger charge is 2.06. The van der Waals surface area contributed by atoms with Crippen LogP contribution in [-0.2, 0) is 20.0 Å². The Hall–Kier alpha value is -1.88. The number of nitrogens with zero attached hydrogens (tertiary/aromatic N) is 3. The Balaban J connectivity index is 1.93. The minimum atomic E-state index is 0.630. The molecule has 5 nitrogen and oxygen atoms in total. The second-order valence-electron chi connectivity index (χ2n) is 5.12. The summed E-state index contributed by atoms with van der Waals surface area (Å²) in [6, 6.07) is 6.01. The lowest BCUT2D eigenvalue weighted by molar-refractivity contribution is 0.312. The van der Waals surface area contributed by atoms with Crippen LogP contribution in [0.3, 0.4) is 0 Å².